The number of carbonyl (C=O) groups is 2. The van der Waals surface area contributed by atoms with Crippen molar-refractivity contribution in [2.24, 2.45) is 5.92 Å². The number of benzene rings is 2. The predicted molar refractivity (Wildman–Crippen MR) is 131 cm³/mol. The first-order valence-electron chi connectivity index (χ1n) is 11.4. The van der Waals surface area contributed by atoms with Crippen LogP contribution in [-0.4, -0.2) is 22.6 Å². The van der Waals surface area contributed by atoms with E-state index >= 15 is 0 Å². The largest absolute Gasteiger partial charge is 0.445 e. The first-order valence-corrected chi connectivity index (χ1v) is 11.4. The molecule has 0 aliphatic rings. The molecule has 2 N–H and O–H groups in total. The van der Waals surface area contributed by atoms with Crippen LogP contribution in [0, 0.1) is 5.92 Å². The number of nitrogens with zero attached hydrogens (tertiary/aromatic N) is 1. The van der Waals surface area contributed by atoms with Gasteiger partial charge in [-0.25, -0.2) is 4.79 Å². The number of ether oxygens (including phenoxy) is 1. The maximum absolute atomic E-state index is 12.9. The highest BCUT2D eigenvalue weighted by Crippen LogP contribution is 2.10. The minimum absolute atomic E-state index is 0.0512. The van der Waals surface area contributed by atoms with Crippen molar-refractivity contribution in [3.8, 4) is 0 Å². The van der Waals surface area contributed by atoms with Crippen LogP contribution in [0.15, 0.2) is 83.8 Å². The maximum atomic E-state index is 12.9. The fraction of sp³-hybridized carbons (Fsp3) is 0.296. The normalized spacial score (nSPS) is 12.4. The van der Waals surface area contributed by atoms with E-state index in [-0.39, 0.29) is 24.0 Å². The number of hydrogen-bond acceptors (Lipinski definition) is 4. The van der Waals surface area contributed by atoms with E-state index < -0.39 is 12.1 Å². The van der Waals surface area contributed by atoms with Gasteiger partial charge < -0.3 is 19.9 Å². The van der Waals surface area contributed by atoms with Gasteiger partial charge in [0, 0.05) is 18.8 Å². The summed E-state index contributed by atoms with van der Waals surface area (Å²) >= 11 is 0. The topological polar surface area (TPSA) is 89.4 Å². The number of amides is 2. The molecule has 178 valence electrons. The number of rotatable bonds is 10. The third-order valence-corrected chi connectivity index (χ3v) is 5.72. The Kier molecular flexibility index (Phi) is 9.03. The molecule has 3 rings (SSSR count). The molecule has 1 aromatic heterocycles. The Morgan fingerprint density at radius 2 is 1.59 bits per heavy atom. The van der Waals surface area contributed by atoms with Crippen LogP contribution >= 0.6 is 0 Å². The molecular formula is C27H31N3O4. The van der Waals surface area contributed by atoms with Crippen LogP contribution in [0.1, 0.15) is 37.0 Å². The first kappa shape index (κ1) is 24.8. The molecule has 1 heterocycles. The number of nitrogens with one attached hydrogen (secondary N) is 2. The summed E-state index contributed by atoms with van der Waals surface area (Å²) in [5, 5.41) is 5.62. The lowest BCUT2D eigenvalue weighted by Gasteiger charge is -2.23. The van der Waals surface area contributed by atoms with Crippen LogP contribution in [0.25, 0.3) is 0 Å². The Morgan fingerprint density at radius 1 is 0.912 bits per heavy atom. The van der Waals surface area contributed by atoms with Crippen molar-refractivity contribution in [2.75, 3.05) is 0 Å². The van der Waals surface area contributed by atoms with E-state index in [2.05, 4.69) is 10.6 Å². The van der Waals surface area contributed by atoms with Gasteiger partial charge in [0.15, 0.2) is 0 Å². The lowest BCUT2D eigenvalue weighted by molar-refractivity contribution is -0.124. The molecule has 0 spiro atoms. The van der Waals surface area contributed by atoms with E-state index in [1.54, 1.807) is 16.8 Å². The molecule has 0 aliphatic carbocycles. The SMILES string of the molecule is CC[C@H](C)[C@H](NC(=O)OCc1ccccc1)C(=O)NCc1ccc(Cn2ccccc2=O)cc1. The summed E-state index contributed by atoms with van der Waals surface area (Å²) in [7, 11) is 0. The van der Waals surface area contributed by atoms with Crippen LogP contribution in [-0.2, 0) is 29.2 Å². The van der Waals surface area contributed by atoms with Crippen molar-refractivity contribution in [1.82, 2.24) is 15.2 Å². The molecule has 0 fully saturated rings. The molecule has 0 saturated carbocycles. The van der Waals surface area contributed by atoms with E-state index in [9.17, 15) is 14.4 Å². The zero-order valence-electron chi connectivity index (χ0n) is 19.6. The summed E-state index contributed by atoms with van der Waals surface area (Å²) in [6.45, 7) is 4.85. The summed E-state index contributed by atoms with van der Waals surface area (Å²) in [6, 6.07) is 21.5. The maximum Gasteiger partial charge on any atom is 0.408 e. The lowest BCUT2D eigenvalue weighted by Crippen LogP contribution is -2.50. The zero-order chi connectivity index (χ0) is 24.3. The Balaban J connectivity index is 1.53. The van der Waals surface area contributed by atoms with Gasteiger partial charge in [-0.1, -0.05) is 80.9 Å². The van der Waals surface area contributed by atoms with E-state index in [0.717, 1.165) is 23.1 Å². The fourth-order valence-electron chi connectivity index (χ4n) is 3.44. The highest BCUT2D eigenvalue weighted by atomic mass is 16.5. The molecule has 3 aromatic rings. The van der Waals surface area contributed by atoms with Crippen LogP contribution in [0.5, 0.6) is 0 Å². The summed E-state index contributed by atoms with van der Waals surface area (Å²) in [4.78, 5) is 37.0. The van der Waals surface area contributed by atoms with Gasteiger partial charge in [-0.2, -0.15) is 0 Å². The van der Waals surface area contributed by atoms with Gasteiger partial charge in [0.2, 0.25) is 5.91 Å². The molecule has 0 radical (unpaired) electrons. The van der Waals surface area contributed by atoms with Gasteiger partial charge in [0.05, 0.1) is 6.54 Å². The van der Waals surface area contributed by atoms with Crippen LogP contribution in [0.2, 0.25) is 0 Å². The van der Waals surface area contributed by atoms with Gasteiger partial charge in [-0.3, -0.25) is 9.59 Å². The van der Waals surface area contributed by atoms with Crippen LogP contribution < -0.4 is 16.2 Å². The number of alkyl carbamates (subject to hydrolysis) is 1. The van der Waals surface area contributed by atoms with E-state index in [0.29, 0.717) is 13.1 Å². The molecule has 7 heteroatoms. The summed E-state index contributed by atoms with van der Waals surface area (Å²) in [5.41, 5.74) is 2.74. The Hall–Kier alpha value is -3.87. The minimum atomic E-state index is -0.697. The molecule has 2 aromatic carbocycles. The number of carbonyl (C=O) groups excluding carboxylic acids is 2. The molecular weight excluding hydrogens is 430 g/mol. The first-order chi connectivity index (χ1) is 16.5. The van der Waals surface area contributed by atoms with Gasteiger partial charge >= 0.3 is 6.09 Å². The lowest BCUT2D eigenvalue weighted by atomic mass is 9.98. The van der Waals surface area contributed by atoms with E-state index in [1.165, 1.54) is 6.07 Å². The summed E-state index contributed by atoms with van der Waals surface area (Å²) in [6.07, 6.45) is 1.86. The standard InChI is InChI=1S/C27H31N3O4/c1-3-20(2)25(29-27(33)34-19-23-9-5-4-6-10-23)26(32)28-17-21-12-14-22(15-13-21)18-30-16-8-7-11-24(30)31/h4-16,20,25H,3,17-19H2,1-2H3,(H,28,32)(H,29,33)/t20-,25-/m0/s1. The Morgan fingerprint density at radius 3 is 2.26 bits per heavy atom. The highest BCUT2D eigenvalue weighted by Gasteiger charge is 2.26. The van der Waals surface area contributed by atoms with Crippen molar-refractivity contribution >= 4 is 12.0 Å². The van der Waals surface area contributed by atoms with Gasteiger partial charge in [-0.15, -0.1) is 0 Å². The van der Waals surface area contributed by atoms with Crippen molar-refractivity contribution in [1.29, 1.82) is 0 Å². The summed E-state index contributed by atoms with van der Waals surface area (Å²) in [5.74, 6) is -0.318. The second kappa shape index (κ2) is 12.4. The molecule has 0 bridgehead atoms. The molecule has 0 unspecified atom stereocenters. The summed E-state index contributed by atoms with van der Waals surface area (Å²) < 4.78 is 6.92. The fourth-order valence-corrected chi connectivity index (χ4v) is 3.44. The predicted octanol–water partition coefficient (Wildman–Crippen LogP) is 3.85. The molecule has 0 saturated heterocycles. The molecule has 7 nitrogen and oxygen atoms in total. The Bertz CT molecular complexity index is 1130. The van der Waals surface area contributed by atoms with E-state index in [1.807, 2.05) is 74.5 Å². The van der Waals surface area contributed by atoms with Gasteiger partial charge in [0.1, 0.15) is 12.6 Å². The van der Waals surface area contributed by atoms with Crippen molar-refractivity contribution in [3.05, 3.63) is 106 Å². The van der Waals surface area contributed by atoms with Gasteiger partial charge in [-0.05, 0) is 28.7 Å². The second-order valence-corrected chi connectivity index (χ2v) is 8.27. The molecule has 2 atom stereocenters. The third-order valence-electron chi connectivity index (χ3n) is 5.72. The smallest absolute Gasteiger partial charge is 0.408 e. The highest BCUT2D eigenvalue weighted by molar-refractivity contribution is 5.85. The van der Waals surface area contributed by atoms with Crippen LogP contribution in [0.4, 0.5) is 4.79 Å². The molecule has 0 aliphatic heterocycles. The zero-order valence-corrected chi connectivity index (χ0v) is 19.6. The van der Waals surface area contributed by atoms with Crippen molar-refractivity contribution in [3.63, 3.8) is 0 Å². The molecule has 2 amide bonds. The van der Waals surface area contributed by atoms with Crippen LogP contribution in [0.3, 0.4) is 0 Å². The number of hydrogen-bond donors (Lipinski definition) is 2. The number of aromatic nitrogens is 1. The van der Waals surface area contributed by atoms with Gasteiger partial charge in [0.25, 0.3) is 5.56 Å². The average molecular weight is 462 g/mol. The Labute approximate surface area is 199 Å². The van der Waals surface area contributed by atoms with E-state index in [4.69, 9.17) is 4.74 Å². The average Bonchev–Trinajstić information content (AvgIpc) is 2.87. The minimum Gasteiger partial charge on any atom is -0.445 e. The number of pyridine rings is 1. The monoisotopic (exact) mass is 461 g/mol. The second-order valence-electron chi connectivity index (χ2n) is 8.27. The van der Waals surface area contributed by atoms with Crippen molar-refractivity contribution in [2.45, 2.75) is 46.0 Å². The van der Waals surface area contributed by atoms with Crippen molar-refractivity contribution < 1.29 is 14.3 Å². The quantitative estimate of drug-likeness (QED) is 0.480. The third kappa shape index (κ3) is 7.33. The molecule has 34 heavy (non-hydrogen) atoms.